The summed E-state index contributed by atoms with van der Waals surface area (Å²) >= 11 is 7.05. The Kier molecular flexibility index (Phi) is 3.56. The lowest BCUT2D eigenvalue weighted by Crippen LogP contribution is -2.33. The van der Waals surface area contributed by atoms with E-state index in [9.17, 15) is 4.79 Å². The number of carbonyl (C=O) groups is 1. The van der Waals surface area contributed by atoms with E-state index >= 15 is 0 Å². The molecule has 1 aromatic rings. The van der Waals surface area contributed by atoms with E-state index in [1.807, 2.05) is 17.7 Å². The molecule has 1 rings (SSSR count). The molecule has 0 radical (unpaired) electrons. The van der Waals surface area contributed by atoms with Gasteiger partial charge in [-0.05, 0) is 18.4 Å². The van der Waals surface area contributed by atoms with Gasteiger partial charge in [-0.25, -0.2) is 0 Å². The first-order valence-electron chi connectivity index (χ1n) is 3.63. The second-order valence-electron chi connectivity index (χ2n) is 2.54. The van der Waals surface area contributed by atoms with Gasteiger partial charge in [-0.3, -0.25) is 4.79 Å². The molecule has 0 aromatic carbocycles. The average Bonchev–Trinajstić information content (AvgIpc) is 2.56. The Balaban J connectivity index is 2.50. The number of halogens is 1. The Bertz CT molecular complexity index is 248. The standard InChI is InChI=1S/C8H10ClNOS/c1-6(4-9)10-8(11)7-2-3-12-5-7/h2-3,5-6H,4H2,1H3,(H,10,11). The monoisotopic (exact) mass is 203 g/mol. The molecule has 0 aliphatic heterocycles. The number of carbonyl (C=O) groups excluding carboxylic acids is 1. The molecule has 4 heteroatoms. The van der Waals surface area contributed by atoms with Crippen molar-refractivity contribution in [3.63, 3.8) is 0 Å². The molecule has 1 N–H and O–H groups in total. The highest BCUT2D eigenvalue weighted by molar-refractivity contribution is 7.08. The Hall–Kier alpha value is -0.540. The summed E-state index contributed by atoms with van der Waals surface area (Å²) in [7, 11) is 0. The van der Waals surface area contributed by atoms with Crippen molar-refractivity contribution in [2.75, 3.05) is 5.88 Å². The smallest absolute Gasteiger partial charge is 0.252 e. The molecule has 1 atom stereocenters. The minimum atomic E-state index is -0.0515. The van der Waals surface area contributed by atoms with Crippen molar-refractivity contribution in [1.29, 1.82) is 0 Å². The molecular weight excluding hydrogens is 194 g/mol. The van der Waals surface area contributed by atoms with E-state index in [-0.39, 0.29) is 11.9 Å². The Morgan fingerprint density at radius 2 is 2.58 bits per heavy atom. The zero-order chi connectivity index (χ0) is 8.97. The van der Waals surface area contributed by atoms with Gasteiger partial charge in [-0.15, -0.1) is 11.6 Å². The quantitative estimate of drug-likeness (QED) is 0.750. The van der Waals surface area contributed by atoms with Gasteiger partial charge in [0.15, 0.2) is 0 Å². The van der Waals surface area contributed by atoms with Crippen LogP contribution in [-0.4, -0.2) is 17.8 Å². The second kappa shape index (κ2) is 4.48. The summed E-state index contributed by atoms with van der Waals surface area (Å²) in [4.78, 5) is 11.3. The maximum atomic E-state index is 11.3. The van der Waals surface area contributed by atoms with Crippen LogP contribution in [-0.2, 0) is 0 Å². The number of hydrogen-bond donors (Lipinski definition) is 1. The molecule has 66 valence electrons. The summed E-state index contributed by atoms with van der Waals surface area (Å²) in [5.41, 5.74) is 0.706. The van der Waals surface area contributed by atoms with Gasteiger partial charge in [-0.2, -0.15) is 11.3 Å². The molecule has 12 heavy (non-hydrogen) atoms. The normalized spacial score (nSPS) is 12.5. The minimum absolute atomic E-state index is 0.0269. The maximum absolute atomic E-state index is 11.3. The number of hydrogen-bond acceptors (Lipinski definition) is 2. The number of amides is 1. The van der Waals surface area contributed by atoms with Crippen molar-refractivity contribution in [2.45, 2.75) is 13.0 Å². The van der Waals surface area contributed by atoms with Crippen LogP contribution in [0.1, 0.15) is 17.3 Å². The Morgan fingerprint density at radius 1 is 1.83 bits per heavy atom. The third-order valence-corrected chi connectivity index (χ3v) is 2.54. The van der Waals surface area contributed by atoms with Crippen molar-refractivity contribution >= 4 is 28.8 Å². The largest absolute Gasteiger partial charge is 0.348 e. The van der Waals surface area contributed by atoms with Crippen LogP contribution in [0, 0.1) is 0 Å². The van der Waals surface area contributed by atoms with Crippen LogP contribution in [0.3, 0.4) is 0 Å². The first kappa shape index (κ1) is 9.55. The van der Waals surface area contributed by atoms with E-state index in [1.165, 1.54) is 11.3 Å². The fraction of sp³-hybridized carbons (Fsp3) is 0.375. The summed E-state index contributed by atoms with van der Waals surface area (Å²) in [5, 5.41) is 6.46. The van der Waals surface area contributed by atoms with E-state index < -0.39 is 0 Å². The molecule has 0 spiro atoms. The van der Waals surface area contributed by atoms with E-state index in [0.29, 0.717) is 11.4 Å². The Morgan fingerprint density at radius 3 is 3.08 bits per heavy atom. The van der Waals surface area contributed by atoms with Crippen LogP contribution in [0.25, 0.3) is 0 Å². The molecule has 0 fully saturated rings. The van der Waals surface area contributed by atoms with Crippen molar-refractivity contribution in [3.05, 3.63) is 22.4 Å². The third-order valence-electron chi connectivity index (χ3n) is 1.39. The molecule has 1 aromatic heterocycles. The van der Waals surface area contributed by atoms with Crippen LogP contribution in [0.5, 0.6) is 0 Å². The van der Waals surface area contributed by atoms with Gasteiger partial charge in [0.05, 0.1) is 0 Å². The molecule has 0 aliphatic rings. The highest BCUT2D eigenvalue weighted by Gasteiger charge is 2.07. The lowest BCUT2D eigenvalue weighted by atomic mass is 10.3. The minimum Gasteiger partial charge on any atom is -0.348 e. The SMILES string of the molecule is CC(CCl)NC(=O)c1ccsc1. The number of alkyl halides is 1. The van der Waals surface area contributed by atoms with Crippen molar-refractivity contribution < 1.29 is 4.79 Å². The van der Waals surface area contributed by atoms with Gasteiger partial charge >= 0.3 is 0 Å². The van der Waals surface area contributed by atoms with E-state index in [2.05, 4.69) is 5.32 Å². The van der Waals surface area contributed by atoms with Crippen LogP contribution in [0.4, 0.5) is 0 Å². The van der Waals surface area contributed by atoms with E-state index in [0.717, 1.165) is 0 Å². The summed E-state index contributed by atoms with van der Waals surface area (Å²) in [5.74, 6) is 0.389. The number of rotatable bonds is 3. The molecule has 0 bridgehead atoms. The van der Waals surface area contributed by atoms with Crippen molar-refractivity contribution in [3.8, 4) is 0 Å². The summed E-state index contributed by atoms with van der Waals surface area (Å²) in [6.07, 6.45) is 0. The highest BCUT2D eigenvalue weighted by Crippen LogP contribution is 2.05. The Labute approximate surface area is 80.5 Å². The summed E-state index contributed by atoms with van der Waals surface area (Å²) in [6, 6.07) is 1.82. The summed E-state index contributed by atoms with van der Waals surface area (Å²) < 4.78 is 0. The van der Waals surface area contributed by atoms with Crippen LogP contribution in [0.15, 0.2) is 16.8 Å². The highest BCUT2D eigenvalue weighted by atomic mass is 35.5. The number of nitrogens with one attached hydrogen (secondary N) is 1. The molecule has 0 aliphatic carbocycles. The number of thiophene rings is 1. The predicted octanol–water partition coefficient (Wildman–Crippen LogP) is 2.11. The maximum Gasteiger partial charge on any atom is 0.252 e. The lowest BCUT2D eigenvalue weighted by molar-refractivity contribution is 0.0944. The first-order valence-corrected chi connectivity index (χ1v) is 5.11. The van der Waals surface area contributed by atoms with E-state index in [1.54, 1.807) is 6.07 Å². The summed E-state index contributed by atoms with van der Waals surface area (Å²) in [6.45, 7) is 1.87. The van der Waals surface area contributed by atoms with Gasteiger partial charge in [0.25, 0.3) is 5.91 Å². The fourth-order valence-electron chi connectivity index (χ4n) is 0.739. The van der Waals surface area contributed by atoms with Crippen LogP contribution >= 0.6 is 22.9 Å². The molecule has 0 saturated heterocycles. The van der Waals surface area contributed by atoms with Crippen LogP contribution in [0.2, 0.25) is 0 Å². The van der Waals surface area contributed by atoms with Gasteiger partial charge in [0.1, 0.15) is 0 Å². The van der Waals surface area contributed by atoms with Crippen molar-refractivity contribution in [1.82, 2.24) is 5.32 Å². The molecule has 1 amide bonds. The van der Waals surface area contributed by atoms with Crippen molar-refractivity contribution in [2.24, 2.45) is 0 Å². The van der Waals surface area contributed by atoms with E-state index in [4.69, 9.17) is 11.6 Å². The third kappa shape index (κ3) is 2.50. The molecule has 0 saturated carbocycles. The topological polar surface area (TPSA) is 29.1 Å². The van der Waals surface area contributed by atoms with Gasteiger partial charge in [0.2, 0.25) is 0 Å². The fourth-order valence-corrected chi connectivity index (χ4v) is 1.45. The molecule has 1 heterocycles. The first-order chi connectivity index (χ1) is 5.74. The zero-order valence-electron chi connectivity index (χ0n) is 6.71. The second-order valence-corrected chi connectivity index (χ2v) is 3.63. The van der Waals surface area contributed by atoms with Crippen LogP contribution < -0.4 is 5.32 Å². The lowest BCUT2D eigenvalue weighted by Gasteiger charge is -2.08. The predicted molar refractivity (Wildman–Crippen MR) is 52.0 cm³/mol. The molecule has 1 unspecified atom stereocenters. The zero-order valence-corrected chi connectivity index (χ0v) is 8.28. The average molecular weight is 204 g/mol. The van der Waals surface area contributed by atoms with Gasteiger partial charge in [0, 0.05) is 22.9 Å². The van der Waals surface area contributed by atoms with Gasteiger partial charge in [-0.1, -0.05) is 0 Å². The van der Waals surface area contributed by atoms with Gasteiger partial charge < -0.3 is 5.32 Å². The molecule has 2 nitrogen and oxygen atoms in total. The molecular formula is C8H10ClNOS.